The monoisotopic (exact) mass is 688 g/mol. The van der Waals surface area contributed by atoms with E-state index in [2.05, 4.69) is 198 Å². The molecule has 256 valence electrons. The molecule has 0 aromatic heterocycles. The number of fused-ring (bicyclic) bond motifs is 9. The van der Waals surface area contributed by atoms with Crippen molar-refractivity contribution < 1.29 is 0 Å². The van der Waals surface area contributed by atoms with Crippen molar-refractivity contribution in [2.24, 2.45) is 0 Å². The van der Waals surface area contributed by atoms with Crippen molar-refractivity contribution in [1.29, 1.82) is 0 Å². The van der Waals surface area contributed by atoms with Crippen molar-refractivity contribution in [1.82, 2.24) is 0 Å². The predicted octanol–water partition coefficient (Wildman–Crippen LogP) is 14.8. The largest absolute Gasteiger partial charge is 0.0622 e. The molecule has 0 atom stereocenters. The van der Waals surface area contributed by atoms with Gasteiger partial charge in [0.05, 0.1) is 0 Å². The zero-order valence-corrected chi connectivity index (χ0v) is 31.2. The highest BCUT2D eigenvalue weighted by Crippen LogP contribution is 2.57. The van der Waals surface area contributed by atoms with Gasteiger partial charge in [0.25, 0.3) is 0 Å². The van der Waals surface area contributed by atoms with Crippen LogP contribution in [0.25, 0.3) is 88.0 Å². The van der Waals surface area contributed by atoms with Crippen LogP contribution in [-0.4, -0.2) is 0 Å². The third-order valence-electron chi connectivity index (χ3n) is 12.8. The summed E-state index contributed by atoms with van der Waals surface area (Å²) in [6.07, 6.45) is 0. The van der Waals surface area contributed by atoms with Crippen LogP contribution in [0.4, 0.5) is 0 Å². The Morgan fingerprint density at radius 2 is 0.704 bits per heavy atom. The van der Waals surface area contributed by atoms with Crippen molar-refractivity contribution in [3.8, 4) is 55.6 Å². The lowest BCUT2D eigenvalue weighted by atomic mass is 9.78. The molecule has 9 aromatic carbocycles. The fourth-order valence-corrected chi connectivity index (χ4v) is 10.0. The minimum atomic E-state index is -0.131. The van der Waals surface area contributed by atoms with Crippen molar-refractivity contribution in [2.45, 2.75) is 38.5 Å². The lowest BCUT2D eigenvalue weighted by molar-refractivity contribution is 0.652. The second-order valence-corrected chi connectivity index (χ2v) is 16.5. The Balaban J connectivity index is 1.08. The Hall–Kier alpha value is -6.24. The Morgan fingerprint density at radius 1 is 0.278 bits per heavy atom. The van der Waals surface area contributed by atoms with E-state index in [-0.39, 0.29) is 10.8 Å². The average molecular weight is 689 g/mol. The van der Waals surface area contributed by atoms with E-state index in [9.17, 15) is 0 Å². The minimum absolute atomic E-state index is 0.0243. The van der Waals surface area contributed by atoms with Gasteiger partial charge in [-0.2, -0.15) is 0 Å². The van der Waals surface area contributed by atoms with Gasteiger partial charge in [0.15, 0.2) is 0 Å². The van der Waals surface area contributed by atoms with Crippen LogP contribution in [-0.2, 0) is 10.8 Å². The number of hydrogen-bond acceptors (Lipinski definition) is 0. The van der Waals surface area contributed by atoms with Crippen LogP contribution in [0.15, 0.2) is 170 Å². The summed E-state index contributed by atoms with van der Waals surface area (Å²) < 4.78 is 0. The summed E-state index contributed by atoms with van der Waals surface area (Å²) >= 11 is 0. The number of benzene rings is 9. The van der Waals surface area contributed by atoms with Gasteiger partial charge in [0.2, 0.25) is 0 Å². The molecule has 0 heteroatoms. The van der Waals surface area contributed by atoms with E-state index in [1.165, 1.54) is 110 Å². The number of rotatable bonds is 3. The first-order valence-electron chi connectivity index (χ1n) is 19.3. The molecule has 0 radical (unpaired) electrons. The molecule has 0 heterocycles. The molecule has 0 spiro atoms. The highest BCUT2D eigenvalue weighted by Gasteiger charge is 2.41. The summed E-state index contributed by atoms with van der Waals surface area (Å²) in [6, 6.07) is 63.9. The smallest absolute Gasteiger partial charge is 0.0159 e. The summed E-state index contributed by atoms with van der Waals surface area (Å²) in [5.74, 6) is 0. The minimum Gasteiger partial charge on any atom is -0.0622 e. The summed E-state index contributed by atoms with van der Waals surface area (Å²) in [5, 5.41) is 7.65. The van der Waals surface area contributed by atoms with E-state index in [1.807, 2.05) is 0 Å². The molecular weight excluding hydrogens is 649 g/mol. The first-order valence-corrected chi connectivity index (χ1v) is 19.3. The quantitative estimate of drug-likeness (QED) is 0.162. The normalized spacial score (nSPS) is 14.6. The van der Waals surface area contributed by atoms with Gasteiger partial charge in [0.1, 0.15) is 0 Å². The van der Waals surface area contributed by atoms with Gasteiger partial charge >= 0.3 is 0 Å². The summed E-state index contributed by atoms with van der Waals surface area (Å²) in [6.45, 7) is 9.60. The first-order chi connectivity index (χ1) is 26.3. The number of hydrogen-bond donors (Lipinski definition) is 0. The summed E-state index contributed by atoms with van der Waals surface area (Å²) in [5.41, 5.74) is 18.7. The van der Waals surface area contributed by atoms with Gasteiger partial charge in [-0.05, 0) is 141 Å². The molecule has 9 aromatic rings. The van der Waals surface area contributed by atoms with Gasteiger partial charge in [-0.3, -0.25) is 0 Å². The fourth-order valence-electron chi connectivity index (χ4n) is 10.0. The van der Waals surface area contributed by atoms with E-state index in [0.29, 0.717) is 0 Å². The Kier molecular flexibility index (Phi) is 6.46. The molecule has 0 saturated heterocycles. The third kappa shape index (κ3) is 4.32. The van der Waals surface area contributed by atoms with Crippen LogP contribution in [0, 0.1) is 0 Å². The average Bonchev–Trinajstić information content (AvgIpc) is 3.57. The van der Waals surface area contributed by atoms with Gasteiger partial charge in [-0.15, -0.1) is 0 Å². The highest BCUT2D eigenvalue weighted by molar-refractivity contribution is 6.22. The van der Waals surface area contributed by atoms with E-state index in [0.717, 1.165) is 0 Å². The zero-order valence-electron chi connectivity index (χ0n) is 31.2. The van der Waals surface area contributed by atoms with Crippen LogP contribution < -0.4 is 0 Å². The summed E-state index contributed by atoms with van der Waals surface area (Å²) in [4.78, 5) is 0. The fraction of sp³-hybridized carbons (Fsp3) is 0.111. The topological polar surface area (TPSA) is 0 Å². The van der Waals surface area contributed by atoms with E-state index >= 15 is 0 Å². The standard InChI is InChI=1S/C54H40/c1-53(2)47-21-13-12-16-39(47)45-31-50-46(32-49(45)53)40-27-26-38(30-48(40)54(50,3)4)52-43-19-10-8-17-41(43)51(42-18-9-11-20-44(42)52)37-25-24-35-28-34(22-23-36(35)29-37)33-14-6-5-7-15-33/h5-32H,1-4H3. The van der Waals surface area contributed by atoms with Crippen LogP contribution >= 0.6 is 0 Å². The molecule has 11 rings (SSSR count). The van der Waals surface area contributed by atoms with E-state index < -0.39 is 0 Å². The van der Waals surface area contributed by atoms with Gasteiger partial charge < -0.3 is 0 Å². The molecular formula is C54H40. The maximum atomic E-state index is 2.52. The van der Waals surface area contributed by atoms with Crippen molar-refractivity contribution in [3.63, 3.8) is 0 Å². The molecule has 0 unspecified atom stereocenters. The zero-order chi connectivity index (χ0) is 36.3. The molecule has 0 N–H and O–H groups in total. The van der Waals surface area contributed by atoms with Crippen LogP contribution in [0.2, 0.25) is 0 Å². The van der Waals surface area contributed by atoms with Crippen LogP contribution in [0.1, 0.15) is 49.9 Å². The maximum absolute atomic E-state index is 2.52. The Morgan fingerprint density at radius 3 is 1.31 bits per heavy atom. The third-order valence-corrected chi connectivity index (χ3v) is 12.8. The molecule has 2 aliphatic carbocycles. The second kappa shape index (κ2) is 11.1. The van der Waals surface area contributed by atoms with Gasteiger partial charge in [-0.1, -0.05) is 167 Å². The molecule has 0 nitrogen and oxygen atoms in total. The van der Waals surface area contributed by atoms with Crippen molar-refractivity contribution in [3.05, 3.63) is 192 Å². The van der Waals surface area contributed by atoms with Crippen molar-refractivity contribution >= 4 is 32.3 Å². The van der Waals surface area contributed by atoms with E-state index in [1.54, 1.807) is 0 Å². The van der Waals surface area contributed by atoms with Crippen molar-refractivity contribution in [2.75, 3.05) is 0 Å². The molecule has 0 fully saturated rings. The molecule has 0 amide bonds. The van der Waals surface area contributed by atoms with Crippen LogP contribution in [0.5, 0.6) is 0 Å². The molecule has 0 aliphatic heterocycles. The predicted molar refractivity (Wildman–Crippen MR) is 230 cm³/mol. The van der Waals surface area contributed by atoms with Crippen LogP contribution in [0.3, 0.4) is 0 Å². The first kappa shape index (κ1) is 31.3. The maximum Gasteiger partial charge on any atom is 0.0159 e. The Bertz CT molecular complexity index is 2970. The molecule has 2 aliphatic rings. The lowest BCUT2D eigenvalue weighted by Crippen LogP contribution is -2.17. The van der Waals surface area contributed by atoms with Gasteiger partial charge in [-0.25, -0.2) is 0 Å². The van der Waals surface area contributed by atoms with E-state index in [4.69, 9.17) is 0 Å². The SMILES string of the molecule is CC1(C)c2ccccc2-c2cc3c(cc21)-c1ccc(-c2c4ccccc4c(-c4ccc5cc(-c6ccccc6)ccc5c4)c4ccccc24)cc1C3(C)C. The Labute approximate surface area is 317 Å². The lowest BCUT2D eigenvalue weighted by Gasteiger charge is -2.24. The molecule has 0 saturated carbocycles. The molecule has 0 bridgehead atoms. The van der Waals surface area contributed by atoms with Gasteiger partial charge in [0, 0.05) is 10.8 Å². The summed E-state index contributed by atoms with van der Waals surface area (Å²) in [7, 11) is 0. The second-order valence-electron chi connectivity index (χ2n) is 16.5. The highest BCUT2D eigenvalue weighted by atomic mass is 14.4. The molecule has 54 heavy (non-hydrogen) atoms.